The number of phenolic OH excluding ortho intramolecular Hbond substituents is 2. The van der Waals surface area contributed by atoms with Gasteiger partial charge in [-0.2, -0.15) is 0 Å². The van der Waals surface area contributed by atoms with Gasteiger partial charge in [-0.25, -0.2) is 0 Å². The maximum absolute atomic E-state index is 10.4. The molecule has 0 amide bonds. The van der Waals surface area contributed by atoms with Crippen LogP contribution < -0.4 is 4.74 Å². The van der Waals surface area contributed by atoms with Crippen LogP contribution in [0.25, 0.3) is 22.3 Å². The highest BCUT2D eigenvalue weighted by molar-refractivity contribution is 5.92. The van der Waals surface area contributed by atoms with Gasteiger partial charge in [0.1, 0.15) is 22.8 Å². The zero-order valence-corrected chi connectivity index (χ0v) is 14.3. The van der Waals surface area contributed by atoms with E-state index in [9.17, 15) is 15.3 Å². The normalized spacial score (nSPS) is 10.8. The minimum atomic E-state index is -0.0477. The molecule has 5 heteroatoms. The average molecular weight is 340 g/mol. The van der Waals surface area contributed by atoms with Crippen LogP contribution in [0, 0.1) is 0 Å². The summed E-state index contributed by atoms with van der Waals surface area (Å²) in [6, 6.07) is 7.73. The number of allylic oxidation sites excluding steroid dienone is 2. The molecule has 0 fully saturated rings. The summed E-state index contributed by atoms with van der Waals surface area (Å²) in [4.78, 5) is 0. The second-order valence-corrected chi connectivity index (χ2v) is 6.12. The molecule has 3 N–H and O–H groups in total. The predicted molar refractivity (Wildman–Crippen MR) is 96.3 cm³/mol. The molecule has 130 valence electrons. The lowest BCUT2D eigenvalue weighted by molar-refractivity contribution is 0.401. The molecule has 0 saturated heterocycles. The molecule has 0 spiro atoms. The van der Waals surface area contributed by atoms with Crippen molar-refractivity contribution in [2.75, 3.05) is 7.11 Å². The van der Waals surface area contributed by atoms with Gasteiger partial charge >= 0.3 is 0 Å². The van der Waals surface area contributed by atoms with Crippen LogP contribution in [0.4, 0.5) is 0 Å². The lowest BCUT2D eigenvalue weighted by atomic mass is 10.0. The average Bonchev–Trinajstić information content (AvgIpc) is 2.89. The number of benzene rings is 2. The third-order valence-electron chi connectivity index (χ3n) is 4.03. The minimum absolute atomic E-state index is 0.0466. The van der Waals surface area contributed by atoms with Gasteiger partial charge in [-0.3, -0.25) is 0 Å². The number of phenols is 2. The Hall–Kier alpha value is -3.08. The molecule has 1 heterocycles. The smallest absolute Gasteiger partial charge is 0.177 e. The van der Waals surface area contributed by atoms with Crippen molar-refractivity contribution in [1.82, 2.24) is 0 Å². The highest BCUT2D eigenvalue weighted by Gasteiger charge is 2.19. The van der Waals surface area contributed by atoms with Gasteiger partial charge in [0.2, 0.25) is 0 Å². The molecule has 0 radical (unpaired) electrons. The van der Waals surface area contributed by atoms with Crippen molar-refractivity contribution in [3.63, 3.8) is 0 Å². The molecule has 0 atom stereocenters. The Balaban J connectivity index is 2.13. The summed E-state index contributed by atoms with van der Waals surface area (Å²) >= 11 is 0. The molecule has 0 aliphatic rings. The van der Waals surface area contributed by atoms with Gasteiger partial charge in [0.15, 0.2) is 11.5 Å². The number of hydrogen-bond acceptors (Lipinski definition) is 5. The molecular formula is C20H20O5. The number of hydrogen-bond donors (Lipinski definition) is 3. The van der Waals surface area contributed by atoms with E-state index >= 15 is 0 Å². The van der Waals surface area contributed by atoms with Crippen LogP contribution in [0.3, 0.4) is 0 Å². The van der Waals surface area contributed by atoms with Gasteiger partial charge < -0.3 is 24.5 Å². The van der Waals surface area contributed by atoms with E-state index in [2.05, 4.69) is 0 Å². The van der Waals surface area contributed by atoms with E-state index in [1.807, 2.05) is 19.9 Å². The zero-order chi connectivity index (χ0) is 18.1. The zero-order valence-electron chi connectivity index (χ0n) is 14.3. The number of ether oxygens (including phenoxy) is 1. The summed E-state index contributed by atoms with van der Waals surface area (Å²) in [5.74, 6) is 0.784. The van der Waals surface area contributed by atoms with Crippen LogP contribution in [-0.4, -0.2) is 22.4 Å². The molecule has 0 bridgehead atoms. The van der Waals surface area contributed by atoms with Crippen LogP contribution in [0.15, 0.2) is 46.4 Å². The van der Waals surface area contributed by atoms with Crippen LogP contribution in [0.5, 0.6) is 23.0 Å². The Labute approximate surface area is 145 Å². The predicted octanol–water partition coefficient (Wildman–Crippen LogP) is 4.73. The largest absolute Gasteiger partial charge is 0.508 e. The number of rotatable bonds is 4. The third kappa shape index (κ3) is 3.13. The fourth-order valence-electron chi connectivity index (χ4n) is 2.72. The van der Waals surface area contributed by atoms with Crippen molar-refractivity contribution in [3.8, 4) is 34.3 Å². The second-order valence-electron chi connectivity index (χ2n) is 6.12. The van der Waals surface area contributed by atoms with Crippen molar-refractivity contribution in [1.29, 1.82) is 0 Å². The van der Waals surface area contributed by atoms with Crippen molar-refractivity contribution >= 4 is 11.0 Å². The summed E-state index contributed by atoms with van der Waals surface area (Å²) in [6.45, 7) is 3.97. The van der Waals surface area contributed by atoms with E-state index in [1.165, 1.54) is 25.3 Å². The topological polar surface area (TPSA) is 83.1 Å². The van der Waals surface area contributed by atoms with Gasteiger partial charge in [-0.15, -0.1) is 0 Å². The fraction of sp³-hybridized carbons (Fsp3) is 0.200. The molecule has 2 aromatic carbocycles. The van der Waals surface area contributed by atoms with Crippen LogP contribution in [0.1, 0.15) is 19.4 Å². The minimum Gasteiger partial charge on any atom is -0.508 e. The second kappa shape index (κ2) is 6.43. The monoisotopic (exact) mass is 340 g/mol. The maximum Gasteiger partial charge on any atom is 0.177 e. The first-order valence-electron chi connectivity index (χ1n) is 7.88. The number of aromatic hydroxyl groups is 3. The molecule has 3 rings (SSSR count). The van der Waals surface area contributed by atoms with Crippen molar-refractivity contribution in [2.45, 2.75) is 20.3 Å². The summed E-state index contributed by atoms with van der Waals surface area (Å²) in [5.41, 5.74) is 2.66. The van der Waals surface area contributed by atoms with E-state index < -0.39 is 0 Å². The van der Waals surface area contributed by atoms with E-state index in [-0.39, 0.29) is 23.0 Å². The molecule has 5 nitrogen and oxygen atoms in total. The van der Waals surface area contributed by atoms with Crippen molar-refractivity contribution in [3.05, 3.63) is 47.5 Å². The first kappa shape index (κ1) is 16.8. The quantitative estimate of drug-likeness (QED) is 0.598. The maximum atomic E-state index is 10.4. The highest BCUT2D eigenvalue weighted by Crippen LogP contribution is 2.43. The SMILES string of the molecule is COc1cc(-c2oc3cc(O)ccc3c2O)cc(O)c1CC=C(C)C. The van der Waals surface area contributed by atoms with Gasteiger partial charge in [-0.05, 0) is 44.5 Å². The highest BCUT2D eigenvalue weighted by atomic mass is 16.5. The molecule has 0 saturated carbocycles. The number of fused-ring (bicyclic) bond motifs is 1. The number of furan rings is 1. The molecule has 0 aliphatic heterocycles. The first-order chi connectivity index (χ1) is 11.9. The summed E-state index contributed by atoms with van der Waals surface area (Å²) in [7, 11) is 1.53. The summed E-state index contributed by atoms with van der Waals surface area (Å²) in [6.07, 6.45) is 2.54. The van der Waals surface area contributed by atoms with Crippen LogP contribution in [0.2, 0.25) is 0 Å². The van der Waals surface area contributed by atoms with E-state index in [0.29, 0.717) is 34.3 Å². The Morgan fingerprint density at radius 2 is 1.88 bits per heavy atom. The van der Waals surface area contributed by atoms with E-state index in [4.69, 9.17) is 9.15 Å². The van der Waals surface area contributed by atoms with E-state index in [0.717, 1.165) is 5.57 Å². The standard InChI is InChI=1S/C20H20O5/c1-11(2)4-6-14-16(22)8-12(9-17(14)24-3)20-19(23)15-7-5-13(21)10-18(15)25-20/h4-5,7-10,21-23H,6H2,1-3H3. The molecule has 3 aromatic rings. The van der Waals surface area contributed by atoms with Gasteiger partial charge in [-0.1, -0.05) is 11.6 Å². The molecule has 0 unspecified atom stereocenters. The van der Waals surface area contributed by atoms with Gasteiger partial charge in [0, 0.05) is 17.2 Å². The Morgan fingerprint density at radius 3 is 2.56 bits per heavy atom. The molecule has 1 aromatic heterocycles. The Kier molecular flexibility index (Phi) is 4.31. The Morgan fingerprint density at radius 1 is 1.12 bits per heavy atom. The van der Waals surface area contributed by atoms with E-state index in [1.54, 1.807) is 12.1 Å². The first-order valence-corrected chi connectivity index (χ1v) is 7.88. The summed E-state index contributed by atoms with van der Waals surface area (Å²) in [5, 5.41) is 30.9. The van der Waals surface area contributed by atoms with Crippen molar-refractivity contribution in [2.24, 2.45) is 0 Å². The Bertz CT molecular complexity index is 962. The molecule has 0 aliphatic carbocycles. The van der Waals surface area contributed by atoms with Crippen LogP contribution in [-0.2, 0) is 6.42 Å². The van der Waals surface area contributed by atoms with Gasteiger partial charge in [0.25, 0.3) is 0 Å². The molecular weight excluding hydrogens is 320 g/mol. The lowest BCUT2D eigenvalue weighted by Gasteiger charge is -2.11. The fourth-order valence-corrected chi connectivity index (χ4v) is 2.72. The number of methoxy groups -OCH3 is 1. The third-order valence-corrected chi connectivity index (χ3v) is 4.03. The lowest BCUT2D eigenvalue weighted by Crippen LogP contribution is -1.93. The molecule has 25 heavy (non-hydrogen) atoms. The summed E-state index contributed by atoms with van der Waals surface area (Å²) < 4.78 is 11.1. The van der Waals surface area contributed by atoms with Crippen molar-refractivity contribution < 1.29 is 24.5 Å². The van der Waals surface area contributed by atoms with Gasteiger partial charge in [0.05, 0.1) is 12.5 Å². The van der Waals surface area contributed by atoms with Crippen LogP contribution >= 0.6 is 0 Å².